The number of halogens is 1. The maximum atomic E-state index is 11.5. The molecule has 2 heterocycles. The zero-order chi connectivity index (χ0) is 14.4. The molecule has 0 aliphatic carbocycles. The Morgan fingerprint density at radius 2 is 2.05 bits per heavy atom. The molecule has 6 nitrogen and oxygen atoms in total. The lowest BCUT2D eigenvalue weighted by atomic mass is 10.1. The first kappa shape index (κ1) is 16.9. The molecule has 0 bridgehead atoms. The molecule has 0 saturated carbocycles. The van der Waals surface area contributed by atoms with E-state index in [2.05, 4.69) is 15.3 Å². The van der Waals surface area contributed by atoms with Gasteiger partial charge in [0.25, 0.3) is 5.91 Å². The van der Waals surface area contributed by atoms with Gasteiger partial charge >= 0.3 is 0 Å². The number of primary amides is 1. The smallest absolute Gasteiger partial charge is 0.252 e. The summed E-state index contributed by atoms with van der Waals surface area (Å²) in [4.78, 5) is 19.8. The van der Waals surface area contributed by atoms with Crippen LogP contribution in [0.4, 0.5) is 5.82 Å². The SMILES string of the molecule is COCCNc1ncc(-c2ccncc2)cc1C(N)=O.Cl. The number of aromatic nitrogens is 2. The number of hydrogen-bond acceptors (Lipinski definition) is 5. The molecular weight excluding hydrogens is 292 g/mol. The molecule has 0 aliphatic rings. The number of nitrogens with one attached hydrogen (secondary N) is 1. The Morgan fingerprint density at radius 3 is 2.67 bits per heavy atom. The molecule has 2 aromatic heterocycles. The van der Waals surface area contributed by atoms with Crippen molar-refractivity contribution < 1.29 is 9.53 Å². The van der Waals surface area contributed by atoms with Crippen LogP contribution in [0.3, 0.4) is 0 Å². The van der Waals surface area contributed by atoms with Gasteiger partial charge in [-0.1, -0.05) is 0 Å². The van der Waals surface area contributed by atoms with E-state index in [-0.39, 0.29) is 12.4 Å². The van der Waals surface area contributed by atoms with Crippen molar-refractivity contribution >= 4 is 24.1 Å². The van der Waals surface area contributed by atoms with E-state index in [1.54, 1.807) is 31.8 Å². The molecule has 0 aliphatic heterocycles. The second kappa shape index (κ2) is 8.18. The van der Waals surface area contributed by atoms with Gasteiger partial charge in [0.05, 0.1) is 12.2 Å². The summed E-state index contributed by atoms with van der Waals surface area (Å²) in [5.41, 5.74) is 7.51. The Kier molecular flexibility index (Phi) is 6.58. The lowest BCUT2D eigenvalue weighted by Crippen LogP contribution is -2.17. The van der Waals surface area contributed by atoms with Crippen LogP contribution in [-0.2, 0) is 4.74 Å². The average molecular weight is 309 g/mol. The first-order chi connectivity index (χ1) is 9.72. The zero-order valence-electron chi connectivity index (χ0n) is 11.6. The molecule has 0 unspecified atom stereocenters. The van der Waals surface area contributed by atoms with Gasteiger partial charge in [0.2, 0.25) is 0 Å². The van der Waals surface area contributed by atoms with Crippen LogP contribution in [0.25, 0.3) is 11.1 Å². The van der Waals surface area contributed by atoms with Crippen molar-refractivity contribution in [2.24, 2.45) is 5.73 Å². The maximum Gasteiger partial charge on any atom is 0.252 e. The van der Waals surface area contributed by atoms with Gasteiger partial charge in [-0.25, -0.2) is 4.98 Å². The minimum absolute atomic E-state index is 0. The van der Waals surface area contributed by atoms with E-state index in [4.69, 9.17) is 10.5 Å². The monoisotopic (exact) mass is 308 g/mol. The summed E-state index contributed by atoms with van der Waals surface area (Å²) >= 11 is 0. The second-order valence-corrected chi connectivity index (χ2v) is 4.14. The minimum Gasteiger partial charge on any atom is -0.383 e. The Balaban J connectivity index is 0.00000220. The minimum atomic E-state index is -0.520. The Bertz CT molecular complexity index is 593. The molecule has 0 spiro atoms. The summed E-state index contributed by atoms with van der Waals surface area (Å²) in [5, 5.41) is 3.02. The van der Waals surface area contributed by atoms with Crippen molar-refractivity contribution in [3.05, 3.63) is 42.4 Å². The maximum absolute atomic E-state index is 11.5. The fourth-order valence-electron chi connectivity index (χ4n) is 1.77. The van der Waals surface area contributed by atoms with Gasteiger partial charge in [-0.15, -0.1) is 12.4 Å². The third-order valence-corrected chi connectivity index (χ3v) is 2.77. The third-order valence-electron chi connectivity index (χ3n) is 2.77. The van der Waals surface area contributed by atoms with Crippen molar-refractivity contribution in [3.63, 3.8) is 0 Å². The molecule has 0 radical (unpaired) electrons. The molecule has 21 heavy (non-hydrogen) atoms. The van der Waals surface area contributed by atoms with Gasteiger partial charge < -0.3 is 15.8 Å². The van der Waals surface area contributed by atoms with Crippen molar-refractivity contribution in [3.8, 4) is 11.1 Å². The van der Waals surface area contributed by atoms with Crippen LogP contribution in [-0.4, -0.2) is 36.1 Å². The highest BCUT2D eigenvalue weighted by Gasteiger charge is 2.11. The summed E-state index contributed by atoms with van der Waals surface area (Å²) in [6, 6.07) is 5.42. The number of nitrogens with zero attached hydrogens (tertiary/aromatic N) is 2. The van der Waals surface area contributed by atoms with Gasteiger partial charge in [-0.2, -0.15) is 0 Å². The first-order valence-electron chi connectivity index (χ1n) is 6.15. The van der Waals surface area contributed by atoms with E-state index in [9.17, 15) is 4.79 Å². The van der Waals surface area contributed by atoms with Gasteiger partial charge in [-0.3, -0.25) is 9.78 Å². The predicted octanol–water partition coefficient (Wildman–Crippen LogP) is 1.72. The normalized spacial score (nSPS) is 9.76. The highest BCUT2D eigenvalue weighted by molar-refractivity contribution is 5.98. The largest absolute Gasteiger partial charge is 0.383 e. The molecule has 0 fully saturated rings. The van der Waals surface area contributed by atoms with Crippen LogP contribution in [0.2, 0.25) is 0 Å². The number of hydrogen-bond donors (Lipinski definition) is 2. The summed E-state index contributed by atoms with van der Waals surface area (Å²) in [7, 11) is 1.61. The van der Waals surface area contributed by atoms with Crippen LogP contribution < -0.4 is 11.1 Å². The zero-order valence-corrected chi connectivity index (χ0v) is 12.4. The number of anilines is 1. The second-order valence-electron chi connectivity index (χ2n) is 4.14. The van der Waals surface area contributed by atoms with Crippen molar-refractivity contribution in [1.29, 1.82) is 0 Å². The number of carbonyl (C=O) groups excluding carboxylic acids is 1. The molecule has 2 rings (SSSR count). The van der Waals surface area contributed by atoms with E-state index in [1.165, 1.54) is 0 Å². The molecule has 0 atom stereocenters. The lowest BCUT2D eigenvalue weighted by molar-refractivity contribution is 0.100. The van der Waals surface area contributed by atoms with Crippen LogP contribution in [0.15, 0.2) is 36.8 Å². The predicted molar refractivity (Wildman–Crippen MR) is 83.6 cm³/mol. The molecule has 0 aromatic carbocycles. The molecule has 7 heteroatoms. The summed E-state index contributed by atoms with van der Waals surface area (Å²) in [5.74, 6) is -0.0549. The van der Waals surface area contributed by atoms with Crippen molar-refractivity contribution in [2.45, 2.75) is 0 Å². The third kappa shape index (κ3) is 4.40. The van der Waals surface area contributed by atoms with Gasteiger partial charge in [0.15, 0.2) is 0 Å². The summed E-state index contributed by atoms with van der Waals surface area (Å²) < 4.78 is 4.94. The van der Waals surface area contributed by atoms with E-state index in [1.807, 2.05) is 12.1 Å². The number of pyridine rings is 2. The number of carbonyl (C=O) groups is 1. The summed E-state index contributed by atoms with van der Waals surface area (Å²) in [6.07, 6.45) is 5.06. The van der Waals surface area contributed by atoms with Gasteiger partial charge in [0.1, 0.15) is 5.82 Å². The van der Waals surface area contributed by atoms with E-state index in [0.717, 1.165) is 11.1 Å². The molecule has 0 saturated heterocycles. The quantitative estimate of drug-likeness (QED) is 0.793. The van der Waals surface area contributed by atoms with E-state index < -0.39 is 5.91 Å². The Hall–Kier alpha value is -2.18. The number of rotatable bonds is 6. The van der Waals surface area contributed by atoms with E-state index >= 15 is 0 Å². The molecular formula is C14H17ClN4O2. The standard InChI is InChI=1S/C14H16N4O2.ClH/c1-20-7-6-17-14-12(13(15)19)8-11(9-18-14)10-2-4-16-5-3-10;/h2-5,8-9H,6-7H2,1H3,(H2,15,19)(H,17,18);1H. The molecule has 3 N–H and O–H groups in total. The molecule has 1 amide bonds. The molecule has 2 aromatic rings. The van der Waals surface area contributed by atoms with Gasteiger partial charge in [-0.05, 0) is 23.8 Å². The topological polar surface area (TPSA) is 90.1 Å². The van der Waals surface area contributed by atoms with Crippen LogP contribution in [0.1, 0.15) is 10.4 Å². The number of methoxy groups -OCH3 is 1. The van der Waals surface area contributed by atoms with Crippen LogP contribution in [0, 0.1) is 0 Å². The fraction of sp³-hybridized carbons (Fsp3) is 0.214. The highest BCUT2D eigenvalue weighted by atomic mass is 35.5. The molecule has 112 valence electrons. The number of amides is 1. The fourth-order valence-corrected chi connectivity index (χ4v) is 1.77. The summed E-state index contributed by atoms with van der Waals surface area (Å²) in [6.45, 7) is 1.07. The van der Waals surface area contributed by atoms with Crippen molar-refractivity contribution in [1.82, 2.24) is 9.97 Å². The van der Waals surface area contributed by atoms with E-state index in [0.29, 0.717) is 24.5 Å². The average Bonchev–Trinajstić information content (AvgIpc) is 2.48. The number of ether oxygens (including phenoxy) is 1. The Labute approximate surface area is 129 Å². The number of nitrogens with two attached hydrogens (primary N) is 1. The van der Waals surface area contributed by atoms with Crippen molar-refractivity contribution in [2.75, 3.05) is 25.6 Å². The highest BCUT2D eigenvalue weighted by Crippen LogP contribution is 2.22. The van der Waals surface area contributed by atoms with Crippen LogP contribution in [0.5, 0.6) is 0 Å². The lowest BCUT2D eigenvalue weighted by Gasteiger charge is -2.10. The first-order valence-corrected chi connectivity index (χ1v) is 6.15. The van der Waals surface area contributed by atoms with Gasteiger partial charge in [0, 0.05) is 37.8 Å². The Morgan fingerprint density at radius 1 is 1.33 bits per heavy atom. The van der Waals surface area contributed by atoms with Crippen LogP contribution >= 0.6 is 12.4 Å².